The van der Waals surface area contributed by atoms with Crippen molar-refractivity contribution in [1.82, 2.24) is 0 Å². The Morgan fingerprint density at radius 1 is 1.04 bits per heavy atom. The van der Waals surface area contributed by atoms with Gasteiger partial charge in [0.2, 0.25) is 11.8 Å². The van der Waals surface area contributed by atoms with E-state index in [2.05, 4.69) is 5.32 Å². The molecule has 6 heteroatoms. The topological polar surface area (TPSA) is 75.7 Å². The number of nitrogens with zero attached hydrogens (tertiary/aromatic N) is 1. The lowest BCUT2D eigenvalue weighted by atomic mass is 10.1. The molecule has 0 aliphatic heterocycles. The molecule has 0 aliphatic carbocycles. The number of nitrogens with one attached hydrogen (secondary N) is 1. The molecule has 0 saturated heterocycles. The first kappa shape index (κ1) is 21.2. The van der Waals surface area contributed by atoms with Crippen molar-refractivity contribution in [2.45, 2.75) is 34.1 Å². The molecule has 0 fully saturated rings. The minimum Gasteiger partial charge on any atom is -0.462 e. The van der Waals surface area contributed by atoms with E-state index in [9.17, 15) is 14.4 Å². The molecule has 0 radical (unpaired) electrons. The Labute approximate surface area is 165 Å². The average molecular weight is 382 g/mol. The van der Waals surface area contributed by atoms with Crippen molar-refractivity contribution < 1.29 is 19.1 Å². The van der Waals surface area contributed by atoms with Crippen LogP contribution in [0.5, 0.6) is 0 Å². The minimum absolute atomic E-state index is 0.159. The molecule has 2 aromatic carbocycles. The van der Waals surface area contributed by atoms with E-state index in [4.69, 9.17) is 4.74 Å². The van der Waals surface area contributed by atoms with Crippen LogP contribution in [0.25, 0.3) is 0 Å². The number of aryl methyl sites for hydroxylation is 1. The van der Waals surface area contributed by atoms with E-state index in [1.165, 1.54) is 11.8 Å². The van der Waals surface area contributed by atoms with Crippen LogP contribution in [0.15, 0.2) is 42.5 Å². The fourth-order valence-corrected chi connectivity index (χ4v) is 2.77. The monoisotopic (exact) mass is 382 g/mol. The van der Waals surface area contributed by atoms with Crippen LogP contribution >= 0.6 is 0 Å². The standard InChI is InChI=1S/C22H26N2O4/c1-5-28-22(27)18-9-11-19(12-10-18)24(17(4)25)14-13-21(26)23-20-8-6-7-15(2)16(20)3/h6-12H,5,13-14H2,1-4H3,(H,23,26). The third-order valence-electron chi connectivity index (χ3n) is 4.51. The molecular weight excluding hydrogens is 356 g/mol. The first-order valence-corrected chi connectivity index (χ1v) is 9.24. The Bertz CT molecular complexity index is 859. The molecule has 148 valence electrons. The van der Waals surface area contributed by atoms with Gasteiger partial charge in [-0.25, -0.2) is 4.79 Å². The predicted molar refractivity (Wildman–Crippen MR) is 110 cm³/mol. The molecule has 6 nitrogen and oxygen atoms in total. The van der Waals surface area contributed by atoms with Gasteiger partial charge in [0.1, 0.15) is 0 Å². The van der Waals surface area contributed by atoms with E-state index >= 15 is 0 Å². The molecule has 2 rings (SSSR count). The van der Waals surface area contributed by atoms with Gasteiger partial charge in [-0.1, -0.05) is 12.1 Å². The zero-order chi connectivity index (χ0) is 20.7. The van der Waals surface area contributed by atoms with Crippen LogP contribution in [-0.4, -0.2) is 30.9 Å². The quantitative estimate of drug-likeness (QED) is 0.738. The van der Waals surface area contributed by atoms with Gasteiger partial charge < -0.3 is 15.0 Å². The van der Waals surface area contributed by atoms with Crippen molar-refractivity contribution in [2.24, 2.45) is 0 Å². The second-order valence-electron chi connectivity index (χ2n) is 6.48. The van der Waals surface area contributed by atoms with E-state index < -0.39 is 5.97 Å². The Balaban J connectivity index is 2.03. The molecular formula is C22H26N2O4. The highest BCUT2D eigenvalue weighted by Gasteiger charge is 2.15. The highest BCUT2D eigenvalue weighted by molar-refractivity contribution is 5.96. The molecule has 0 aromatic heterocycles. The molecule has 0 saturated carbocycles. The van der Waals surface area contributed by atoms with Crippen molar-refractivity contribution in [3.05, 3.63) is 59.2 Å². The van der Waals surface area contributed by atoms with Crippen LogP contribution in [0.1, 0.15) is 41.8 Å². The third-order valence-corrected chi connectivity index (χ3v) is 4.51. The summed E-state index contributed by atoms with van der Waals surface area (Å²) in [7, 11) is 0. The van der Waals surface area contributed by atoms with Gasteiger partial charge in [-0.2, -0.15) is 0 Å². The number of hydrogen-bond donors (Lipinski definition) is 1. The largest absolute Gasteiger partial charge is 0.462 e. The van der Waals surface area contributed by atoms with Crippen molar-refractivity contribution in [3.63, 3.8) is 0 Å². The zero-order valence-electron chi connectivity index (χ0n) is 16.7. The number of hydrogen-bond acceptors (Lipinski definition) is 4. The average Bonchev–Trinajstić information content (AvgIpc) is 2.66. The summed E-state index contributed by atoms with van der Waals surface area (Å²) < 4.78 is 4.96. The smallest absolute Gasteiger partial charge is 0.338 e. The molecule has 2 aromatic rings. The Kier molecular flexibility index (Phi) is 7.32. The summed E-state index contributed by atoms with van der Waals surface area (Å²) in [5, 5.41) is 2.90. The van der Waals surface area contributed by atoms with Crippen LogP contribution in [-0.2, 0) is 14.3 Å². The Hall–Kier alpha value is -3.15. The number of esters is 1. The molecule has 0 aliphatic rings. The lowest BCUT2D eigenvalue weighted by Gasteiger charge is -2.21. The maximum atomic E-state index is 12.3. The van der Waals surface area contributed by atoms with Crippen LogP contribution < -0.4 is 10.2 Å². The summed E-state index contributed by atoms with van der Waals surface area (Å²) in [6.07, 6.45) is 0.159. The first-order valence-electron chi connectivity index (χ1n) is 9.24. The number of amides is 2. The van der Waals surface area contributed by atoms with E-state index in [1.54, 1.807) is 31.2 Å². The molecule has 28 heavy (non-hydrogen) atoms. The minimum atomic E-state index is -0.406. The summed E-state index contributed by atoms with van der Waals surface area (Å²) in [5.41, 5.74) is 3.94. The molecule has 0 bridgehead atoms. The lowest BCUT2D eigenvalue weighted by molar-refractivity contribution is -0.117. The van der Waals surface area contributed by atoms with Crippen molar-refractivity contribution in [3.8, 4) is 0 Å². The zero-order valence-corrected chi connectivity index (χ0v) is 16.7. The van der Waals surface area contributed by atoms with Crippen LogP contribution in [0.2, 0.25) is 0 Å². The van der Waals surface area contributed by atoms with E-state index in [-0.39, 0.29) is 24.8 Å². The maximum absolute atomic E-state index is 12.3. The Morgan fingerprint density at radius 2 is 1.71 bits per heavy atom. The molecule has 0 unspecified atom stereocenters. The van der Waals surface area contributed by atoms with Gasteiger partial charge in [0.05, 0.1) is 12.2 Å². The fourth-order valence-electron chi connectivity index (χ4n) is 2.77. The van der Waals surface area contributed by atoms with E-state index in [1.807, 2.05) is 32.0 Å². The predicted octanol–water partition coefficient (Wildman–Crippen LogP) is 3.86. The number of carbonyl (C=O) groups excluding carboxylic acids is 3. The van der Waals surface area contributed by atoms with Gasteiger partial charge in [-0.15, -0.1) is 0 Å². The van der Waals surface area contributed by atoms with Crippen LogP contribution in [0, 0.1) is 13.8 Å². The van der Waals surface area contributed by atoms with Gasteiger partial charge in [-0.3, -0.25) is 9.59 Å². The summed E-state index contributed by atoms with van der Waals surface area (Å²) in [4.78, 5) is 37.6. The number of rotatable bonds is 7. The number of carbonyl (C=O) groups is 3. The SMILES string of the molecule is CCOC(=O)c1ccc(N(CCC(=O)Nc2cccc(C)c2C)C(C)=O)cc1. The highest BCUT2D eigenvalue weighted by Crippen LogP contribution is 2.19. The number of anilines is 2. The van der Waals surface area contributed by atoms with Crippen molar-refractivity contribution in [1.29, 1.82) is 0 Å². The molecule has 0 heterocycles. The molecule has 0 atom stereocenters. The second-order valence-corrected chi connectivity index (χ2v) is 6.48. The molecule has 2 amide bonds. The first-order chi connectivity index (χ1) is 13.3. The normalized spacial score (nSPS) is 10.3. The van der Waals surface area contributed by atoms with Gasteiger partial charge in [0, 0.05) is 31.3 Å². The summed E-state index contributed by atoms with van der Waals surface area (Å²) in [6, 6.07) is 12.3. The summed E-state index contributed by atoms with van der Waals surface area (Å²) in [6.45, 7) is 7.68. The number of ether oxygens (including phenoxy) is 1. The second kappa shape index (κ2) is 9.69. The van der Waals surface area contributed by atoms with E-state index in [0.717, 1.165) is 16.8 Å². The van der Waals surface area contributed by atoms with Crippen LogP contribution in [0.3, 0.4) is 0 Å². The third kappa shape index (κ3) is 5.42. The fraction of sp³-hybridized carbons (Fsp3) is 0.318. The Morgan fingerprint density at radius 3 is 2.32 bits per heavy atom. The van der Waals surface area contributed by atoms with Gasteiger partial charge in [0.25, 0.3) is 0 Å². The maximum Gasteiger partial charge on any atom is 0.338 e. The van der Waals surface area contributed by atoms with Crippen molar-refractivity contribution >= 4 is 29.2 Å². The lowest BCUT2D eigenvalue weighted by Crippen LogP contribution is -2.32. The summed E-state index contributed by atoms with van der Waals surface area (Å²) >= 11 is 0. The molecule has 1 N–H and O–H groups in total. The van der Waals surface area contributed by atoms with E-state index in [0.29, 0.717) is 17.9 Å². The van der Waals surface area contributed by atoms with Gasteiger partial charge >= 0.3 is 5.97 Å². The number of benzene rings is 2. The van der Waals surface area contributed by atoms with Crippen molar-refractivity contribution in [2.75, 3.05) is 23.4 Å². The summed E-state index contributed by atoms with van der Waals surface area (Å²) in [5.74, 6) is -0.747. The highest BCUT2D eigenvalue weighted by atomic mass is 16.5. The van der Waals surface area contributed by atoms with Gasteiger partial charge in [-0.05, 0) is 62.2 Å². The van der Waals surface area contributed by atoms with Gasteiger partial charge in [0.15, 0.2) is 0 Å². The van der Waals surface area contributed by atoms with Crippen LogP contribution in [0.4, 0.5) is 11.4 Å². The molecule has 0 spiro atoms.